The maximum atomic E-state index is 11.5. The molecular weight excluding hydrogens is 346 g/mol. The average Bonchev–Trinajstić information content (AvgIpc) is 3.12. The Balaban J connectivity index is 1.46. The number of ketones is 2. The van der Waals surface area contributed by atoms with Gasteiger partial charge in [0.2, 0.25) is 11.6 Å². The van der Waals surface area contributed by atoms with Crippen LogP contribution in [0, 0.1) is 0 Å². The summed E-state index contributed by atoms with van der Waals surface area (Å²) >= 11 is 0. The predicted octanol–water partition coefficient (Wildman–Crippen LogP) is 2.53. The van der Waals surface area contributed by atoms with E-state index in [1.165, 1.54) is 4.68 Å². The molecule has 134 valence electrons. The van der Waals surface area contributed by atoms with Crippen LogP contribution in [0.15, 0.2) is 72.1 Å². The second kappa shape index (κ2) is 6.87. The Bertz CT molecular complexity index is 1110. The first-order valence-corrected chi connectivity index (χ1v) is 8.29. The van der Waals surface area contributed by atoms with Crippen molar-refractivity contribution in [2.45, 2.75) is 13.2 Å². The summed E-state index contributed by atoms with van der Waals surface area (Å²) in [4.78, 5) is 22.7. The fourth-order valence-electron chi connectivity index (χ4n) is 2.85. The Labute approximate surface area is 154 Å². The van der Waals surface area contributed by atoms with Crippen molar-refractivity contribution in [1.29, 1.82) is 0 Å². The first-order chi connectivity index (χ1) is 13.1. The molecule has 0 amide bonds. The highest BCUT2D eigenvalue weighted by Crippen LogP contribution is 2.25. The first kappa shape index (κ1) is 16.7. The molecule has 0 unspecified atom stereocenters. The standard InChI is InChI=1S/C20H15N3O4/c24-17-9-19(26)18(25)8-14(17)10-23-11-15(21-22-23)12-27-20-7-3-5-13-4-1-2-6-16(13)20/h1-9,11,24H,10,12H2. The molecule has 7 heteroatoms. The number of rotatable bonds is 5. The van der Waals surface area contributed by atoms with Crippen LogP contribution in [-0.4, -0.2) is 31.7 Å². The SMILES string of the molecule is O=C1C=C(O)C(Cn2cc(COc3cccc4ccccc34)nn2)=CC1=O. The molecule has 1 N–H and O–H groups in total. The lowest BCUT2D eigenvalue weighted by molar-refractivity contribution is -0.131. The number of carbonyl (C=O) groups is 2. The van der Waals surface area contributed by atoms with E-state index in [0.717, 1.165) is 28.7 Å². The monoisotopic (exact) mass is 361 g/mol. The minimum absolute atomic E-state index is 0.128. The van der Waals surface area contributed by atoms with Gasteiger partial charge < -0.3 is 9.84 Å². The number of fused-ring (bicyclic) bond motifs is 1. The Morgan fingerprint density at radius 3 is 2.67 bits per heavy atom. The Morgan fingerprint density at radius 2 is 1.78 bits per heavy atom. The van der Waals surface area contributed by atoms with Crippen LogP contribution in [-0.2, 0) is 22.7 Å². The van der Waals surface area contributed by atoms with E-state index in [1.54, 1.807) is 6.20 Å². The van der Waals surface area contributed by atoms with Crippen LogP contribution in [0.1, 0.15) is 5.69 Å². The zero-order valence-corrected chi connectivity index (χ0v) is 14.2. The zero-order valence-electron chi connectivity index (χ0n) is 14.2. The zero-order chi connectivity index (χ0) is 18.8. The minimum atomic E-state index is -0.737. The van der Waals surface area contributed by atoms with Gasteiger partial charge in [-0.25, -0.2) is 4.68 Å². The van der Waals surface area contributed by atoms with Crippen molar-refractivity contribution in [2.24, 2.45) is 0 Å². The average molecular weight is 361 g/mol. The number of hydrogen-bond acceptors (Lipinski definition) is 6. The van der Waals surface area contributed by atoms with Crippen LogP contribution in [0.2, 0.25) is 0 Å². The lowest BCUT2D eigenvalue weighted by Gasteiger charge is -2.09. The van der Waals surface area contributed by atoms with Crippen LogP contribution in [0.5, 0.6) is 5.75 Å². The topological polar surface area (TPSA) is 94.3 Å². The number of hydrogen-bond donors (Lipinski definition) is 1. The highest BCUT2D eigenvalue weighted by atomic mass is 16.5. The van der Waals surface area contributed by atoms with Gasteiger partial charge in [-0.05, 0) is 17.5 Å². The van der Waals surface area contributed by atoms with Gasteiger partial charge in [0.05, 0.1) is 12.7 Å². The molecular formula is C20H15N3O4. The second-order valence-electron chi connectivity index (χ2n) is 6.10. The van der Waals surface area contributed by atoms with E-state index in [-0.39, 0.29) is 18.9 Å². The molecule has 2 aromatic carbocycles. The molecule has 0 spiro atoms. The lowest BCUT2D eigenvalue weighted by atomic mass is 10.0. The second-order valence-corrected chi connectivity index (χ2v) is 6.10. The molecule has 7 nitrogen and oxygen atoms in total. The fraction of sp³-hybridized carbons (Fsp3) is 0.100. The number of ether oxygens (including phenoxy) is 1. The van der Waals surface area contributed by atoms with Gasteiger partial charge in [-0.15, -0.1) is 5.10 Å². The van der Waals surface area contributed by atoms with E-state index in [9.17, 15) is 14.7 Å². The van der Waals surface area contributed by atoms with Gasteiger partial charge >= 0.3 is 0 Å². The highest BCUT2D eigenvalue weighted by Gasteiger charge is 2.20. The van der Waals surface area contributed by atoms with E-state index in [4.69, 9.17) is 4.74 Å². The third-order valence-electron chi connectivity index (χ3n) is 4.19. The van der Waals surface area contributed by atoms with Gasteiger partial charge in [0, 0.05) is 17.0 Å². The molecule has 3 aromatic rings. The molecule has 4 rings (SSSR count). The van der Waals surface area contributed by atoms with Crippen molar-refractivity contribution in [1.82, 2.24) is 15.0 Å². The van der Waals surface area contributed by atoms with Gasteiger partial charge in [-0.2, -0.15) is 0 Å². The molecule has 1 heterocycles. The molecule has 0 fully saturated rings. The van der Waals surface area contributed by atoms with Crippen LogP contribution in [0.3, 0.4) is 0 Å². The predicted molar refractivity (Wildman–Crippen MR) is 97.1 cm³/mol. The van der Waals surface area contributed by atoms with Crippen LogP contribution < -0.4 is 4.74 Å². The molecule has 0 radical (unpaired) electrons. The van der Waals surface area contributed by atoms with Crippen molar-refractivity contribution < 1.29 is 19.4 Å². The minimum Gasteiger partial charge on any atom is -0.507 e. The number of carbonyl (C=O) groups excluding carboxylic acids is 2. The van der Waals surface area contributed by atoms with E-state index in [2.05, 4.69) is 10.3 Å². The number of allylic oxidation sites excluding steroid dienone is 3. The van der Waals surface area contributed by atoms with Gasteiger partial charge in [0.15, 0.2) is 0 Å². The number of aliphatic hydroxyl groups is 1. The van der Waals surface area contributed by atoms with Crippen molar-refractivity contribution in [2.75, 3.05) is 0 Å². The number of aromatic nitrogens is 3. The van der Waals surface area contributed by atoms with E-state index in [1.807, 2.05) is 42.5 Å². The normalized spacial score (nSPS) is 14.2. The van der Waals surface area contributed by atoms with Crippen LogP contribution in [0.4, 0.5) is 0 Å². The van der Waals surface area contributed by atoms with E-state index < -0.39 is 11.6 Å². The molecule has 0 aliphatic heterocycles. The van der Waals surface area contributed by atoms with Crippen LogP contribution >= 0.6 is 0 Å². The molecule has 1 aromatic heterocycles. The summed E-state index contributed by atoms with van der Waals surface area (Å²) in [5.74, 6) is -0.882. The summed E-state index contributed by atoms with van der Waals surface area (Å²) in [6.07, 6.45) is 3.70. The van der Waals surface area contributed by atoms with Crippen molar-refractivity contribution in [3.63, 3.8) is 0 Å². The fourth-order valence-corrected chi connectivity index (χ4v) is 2.85. The van der Waals surface area contributed by atoms with Gasteiger partial charge in [0.25, 0.3) is 0 Å². The number of aliphatic hydroxyl groups excluding tert-OH is 1. The molecule has 1 aliphatic carbocycles. The third-order valence-corrected chi connectivity index (χ3v) is 4.19. The van der Waals surface area contributed by atoms with Crippen molar-refractivity contribution >= 4 is 22.3 Å². The summed E-state index contributed by atoms with van der Waals surface area (Å²) in [5, 5.41) is 19.9. The summed E-state index contributed by atoms with van der Waals surface area (Å²) in [6.45, 7) is 0.356. The smallest absolute Gasteiger partial charge is 0.229 e. The summed E-state index contributed by atoms with van der Waals surface area (Å²) in [7, 11) is 0. The maximum Gasteiger partial charge on any atom is 0.229 e. The molecule has 0 saturated carbocycles. The summed E-state index contributed by atoms with van der Waals surface area (Å²) in [5.41, 5.74) is 0.913. The largest absolute Gasteiger partial charge is 0.507 e. The van der Waals surface area contributed by atoms with Crippen LogP contribution in [0.25, 0.3) is 10.8 Å². The summed E-state index contributed by atoms with van der Waals surface area (Å²) < 4.78 is 7.34. The third kappa shape index (κ3) is 3.48. The molecule has 0 saturated heterocycles. The Hall–Kier alpha value is -3.74. The molecule has 1 aliphatic rings. The van der Waals surface area contributed by atoms with Gasteiger partial charge in [0.1, 0.15) is 23.8 Å². The number of benzene rings is 2. The first-order valence-electron chi connectivity index (χ1n) is 8.29. The Morgan fingerprint density at radius 1 is 1.00 bits per heavy atom. The number of nitrogens with zero attached hydrogens (tertiary/aromatic N) is 3. The molecule has 0 atom stereocenters. The van der Waals surface area contributed by atoms with E-state index in [0.29, 0.717) is 11.3 Å². The Kier molecular flexibility index (Phi) is 4.25. The molecule has 0 bridgehead atoms. The lowest BCUT2D eigenvalue weighted by Crippen LogP contribution is -2.17. The van der Waals surface area contributed by atoms with E-state index >= 15 is 0 Å². The summed E-state index contributed by atoms with van der Waals surface area (Å²) in [6, 6.07) is 13.8. The van der Waals surface area contributed by atoms with Gasteiger partial charge in [-0.1, -0.05) is 41.6 Å². The highest BCUT2D eigenvalue weighted by molar-refractivity contribution is 6.46. The van der Waals surface area contributed by atoms with Crippen molar-refractivity contribution in [3.05, 3.63) is 77.8 Å². The quantitative estimate of drug-likeness (QED) is 0.554. The molecule has 27 heavy (non-hydrogen) atoms. The van der Waals surface area contributed by atoms with Gasteiger partial charge in [-0.3, -0.25) is 9.59 Å². The maximum absolute atomic E-state index is 11.5. The van der Waals surface area contributed by atoms with Crippen molar-refractivity contribution in [3.8, 4) is 5.75 Å².